The van der Waals surface area contributed by atoms with Crippen LogP contribution in [0.3, 0.4) is 0 Å². The Morgan fingerprint density at radius 2 is 1.26 bits per heavy atom. The van der Waals surface area contributed by atoms with Crippen molar-refractivity contribution in [3.63, 3.8) is 0 Å². The van der Waals surface area contributed by atoms with Crippen molar-refractivity contribution in [1.29, 1.82) is 0 Å². The Hall–Kier alpha value is -3.16. The van der Waals surface area contributed by atoms with Gasteiger partial charge in [-0.3, -0.25) is 0 Å². The summed E-state index contributed by atoms with van der Waals surface area (Å²) >= 11 is 6.11. The number of pyridine rings is 1. The Morgan fingerprint density at radius 3 is 2.07 bits per heavy atom. The number of hydrogen-bond acceptors (Lipinski definition) is 1. The largest absolute Gasteiger partial charge is 0.247 e. The van der Waals surface area contributed by atoms with Crippen LogP contribution in [0.15, 0.2) is 97.1 Å². The van der Waals surface area contributed by atoms with Crippen LogP contribution >= 0.6 is 11.6 Å². The summed E-state index contributed by atoms with van der Waals surface area (Å²) in [5.74, 6) is 0. The van der Waals surface area contributed by atoms with E-state index in [4.69, 9.17) is 16.6 Å². The molecular formula is C25H16ClN. The van der Waals surface area contributed by atoms with Crippen LogP contribution in [0.2, 0.25) is 5.02 Å². The molecule has 0 saturated carbocycles. The van der Waals surface area contributed by atoms with Crippen LogP contribution in [-0.4, -0.2) is 4.98 Å². The van der Waals surface area contributed by atoms with Gasteiger partial charge in [0.15, 0.2) is 0 Å². The van der Waals surface area contributed by atoms with E-state index < -0.39 is 0 Å². The topological polar surface area (TPSA) is 12.9 Å². The van der Waals surface area contributed by atoms with Gasteiger partial charge < -0.3 is 0 Å². The van der Waals surface area contributed by atoms with Gasteiger partial charge in [0.05, 0.1) is 11.2 Å². The van der Waals surface area contributed by atoms with E-state index in [2.05, 4.69) is 72.8 Å². The van der Waals surface area contributed by atoms with E-state index in [9.17, 15) is 0 Å². The highest BCUT2D eigenvalue weighted by molar-refractivity contribution is 6.30. The molecule has 4 aromatic carbocycles. The number of fused-ring (bicyclic) bond motifs is 3. The fourth-order valence-corrected chi connectivity index (χ4v) is 3.82. The Morgan fingerprint density at radius 1 is 0.556 bits per heavy atom. The third kappa shape index (κ3) is 2.77. The molecule has 0 aliphatic heterocycles. The normalized spacial score (nSPS) is 11.1. The zero-order valence-electron chi connectivity index (χ0n) is 14.6. The monoisotopic (exact) mass is 365 g/mol. The van der Waals surface area contributed by atoms with Gasteiger partial charge in [-0.05, 0) is 29.3 Å². The van der Waals surface area contributed by atoms with Gasteiger partial charge in [-0.25, -0.2) is 4.98 Å². The fraction of sp³-hybridized carbons (Fsp3) is 0. The van der Waals surface area contributed by atoms with E-state index in [0.29, 0.717) is 0 Å². The average molecular weight is 366 g/mol. The first-order valence-corrected chi connectivity index (χ1v) is 9.32. The van der Waals surface area contributed by atoms with Crippen molar-refractivity contribution in [3.8, 4) is 22.4 Å². The molecule has 0 unspecified atom stereocenters. The molecule has 5 rings (SSSR count). The van der Waals surface area contributed by atoms with Crippen LogP contribution in [0.25, 0.3) is 44.1 Å². The molecule has 0 radical (unpaired) electrons. The zero-order valence-corrected chi connectivity index (χ0v) is 15.3. The van der Waals surface area contributed by atoms with E-state index >= 15 is 0 Å². The van der Waals surface area contributed by atoms with Crippen LogP contribution in [0.5, 0.6) is 0 Å². The molecule has 0 bridgehead atoms. The third-order valence-corrected chi connectivity index (χ3v) is 5.18. The van der Waals surface area contributed by atoms with Crippen molar-refractivity contribution in [2.24, 2.45) is 0 Å². The Bertz CT molecular complexity index is 1260. The van der Waals surface area contributed by atoms with Gasteiger partial charge in [0.25, 0.3) is 0 Å². The second kappa shape index (κ2) is 6.53. The quantitative estimate of drug-likeness (QED) is 0.297. The summed E-state index contributed by atoms with van der Waals surface area (Å²) in [4.78, 5) is 5.00. The average Bonchev–Trinajstić information content (AvgIpc) is 2.74. The first kappa shape index (κ1) is 16.0. The van der Waals surface area contributed by atoms with E-state index in [1.54, 1.807) is 0 Å². The standard InChI is InChI=1S/C25H16ClN/c26-19-15-13-17(14-16-19)20-10-6-11-22-24(20)21-9-4-5-12-23(21)27-25(22)18-7-2-1-3-8-18/h1-16H. The van der Waals surface area contributed by atoms with Gasteiger partial charge >= 0.3 is 0 Å². The fourth-order valence-electron chi connectivity index (χ4n) is 3.69. The lowest BCUT2D eigenvalue weighted by molar-refractivity contribution is 1.43. The van der Waals surface area contributed by atoms with Gasteiger partial charge in [-0.1, -0.05) is 90.5 Å². The molecule has 1 heterocycles. The molecule has 27 heavy (non-hydrogen) atoms. The summed E-state index contributed by atoms with van der Waals surface area (Å²) in [5, 5.41) is 4.30. The molecule has 1 nitrogen and oxygen atoms in total. The van der Waals surface area contributed by atoms with Crippen molar-refractivity contribution in [3.05, 3.63) is 102 Å². The van der Waals surface area contributed by atoms with Crippen molar-refractivity contribution in [2.75, 3.05) is 0 Å². The third-order valence-electron chi connectivity index (χ3n) is 4.93. The summed E-state index contributed by atoms with van der Waals surface area (Å²) in [6.45, 7) is 0. The number of nitrogens with zero attached hydrogens (tertiary/aromatic N) is 1. The first-order valence-electron chi connectivity index (χ1n) is 8.94. The van der Waals surface area contributed by atoms with E-state index in [0.717, 1.165) is 38.1 Å². The van der Waals surface area contributed by atoms with Crippen LogP contribution in [0.4, 0.5) is 0 Å². The molecular weight excluding hydrogens is 350 g/mol. The van der Waals surface area contributed by atoms with Gasteiger partial charge in [0.2, 0.25) is 0 Å². The lowest BCUT2D eigenvalue weighted by Crippen LogP contribution is -1.91. The van der Waals surface area contributed by atoms with Gasteiger partial charge in [-0.2, -0.15) is 0 Å². The van der Waals surface area contributed by atoms with Crippen LogP contribution in [0, 0.1) is 0 Å². The Labute approximate surface area is 162 Å². The first-order chi connectivity index (χ1) is 13.3. The van der Waals surface area contributed by atoms with E-state index in [1.807, 2.05) is 24.3 Å². The highest BCUT2D eigenvalue weighted by Crippen LogP contribution is 2.38. The molecule has 0 aliphatic rings. The van der Waals surface area contributed by atoms with Crippen LogP contribution in [0.1, 0.15) is 0 Å². The van der Waals surface area contributed by atoms with Crippen molar-refractivity contribution in [1.82, 2.24) is 4.98 Å². The van der Waals surface area contributed by atoms with Crippen molar-refractivity contribution in [2.45, 2.75) is 0 Å². The molecule has 0 N–H and O–H groups in total. The minimum atomic E-state index is 0.746. The molecule has 5 aromatic rings. The molecule has 0 spiro atoms. The van der Waals surface area contributed by atoms with Crippen molar-refractivity contribution >= 4 is 33.3 Å². The highest BCUT2D eigenvalue weighted by atomic mass is 35.5. The van der Waals surface area contributed by atoms with E-state index in [1.165, 1.54) is 10.9 Å². The Balaban J connectivity index is 1.93. The maximum Gasteiger partial charge on any atom is 0.0788 e. The van der Waals surface area contributed by atoms with Gasteiger partial charge in [0.1, 0.15) is 0 Å². The lowest BCUT2D eigenvalue weighted by atomic mass is 9.93. The minimum absolute atomic E-state index is 0.746. The minimum Gasteiger partial charge on any atom is -0.247 e. The maximum atomic E-state index is 6.11. The SMILES string of the molecule is Clc1ccc(-c2cccc3c(-c4ccccc4)nc4ccccc4c23)cc1. The van der Waals surface area contributed by atoms with Crippen LogP contribution < -0.4 is 0 Å². The molecule has 1 aromatic heterocycles. The van der Waals surface area contributed by atoms with Crippen LogP contribution in [-0.2, 0) is 0 Å². The number of para-hydroxylation sites is 1. The van der Waals surface area contributed by atoms with Crippen molar-refractivity contribution < 1.29 is 0 Å². The predicted molar refractivity (Wildman–Crippen MR) is 115 cm³/mol. The molecule has 0 aliphatic carbocycles. The number of aromatic nitrogens is 1. The molecule has 0 atom stereocenters. The summed E-state index contributed by atoms with van der Waals surface area (Å²) in [7, 11) is 0. The number of rotatable bonds is 2. The number of halogens is 1. The Kier molecular flexibility index (Phi) is 3.88. The molecule has 0 amide bonds. The summed E-state index contributed by atoms with van der Waals surface area (Å²) in [6.07, 6.45) is 0. The maximum absolute atomic E-state index is 6.11. The van der Waals surface area contributed by atoms with E-state index in [-0.39, 0.29) is 0 Å². The zero-order chi connectivity index (χ0) is 18.2. The summed E-state index contributed by atoms with van der Waals surface area (Å²) in [6, 6.07) is 33.2. The lowest BCUT2D eigenvalue weighted by Gasteiger charge is -2.14. The summed E-state index contributed by atoms with van der Waals surface area (Å²) in [5.41, 5.74) is 5.49. The number of hydrogen-bond donors (Lipinski definition) is 0. The summed E-state index contributed by atoms with van der Waals surface area (Å²) < 4.78 is 0. The molecule has 128 valence electrons. The second-order valence-electron chi connectivity index (χ2n) is 6.58. The molecule has 0 fully saturated rings. The second-order valence-corrected chi connectivity index (χ2v) is 7.02. The highest BCUT2D eigenvalue weighted by Gasteiger charge is 2.13. The van der Waals surface area contributed by atoms with Gasteiger partial charge in [-0.15, -0.1) is 0 Å². The smallest absolute Gasteiger partial charge is 0.0788 e. The van der Waals surface area contributed by atoms with Gasteiger partial charge in [0, 0.05) is 26.7 Å². The predicted octanol–water partition coefficient (Wildman–Crippen LogP) is 7.38. The molecule has 2 heteroatoms. The number of benzene rings is 4. The molecule has 0 saturated heterocycles.